The van der Waals surface area contributed by atoms with Crippen molar-refractivity contribution in [3.05, 3.63) is 23.5 Å². The van der Waals surface area contributed by atoms with Crippen LogP contribution in [0.1, 0.15) is 49.8 Å². The number of aromatic nitrogens is 1. The van der Waals surface area contributed by atoms with Crippen LogP contribution in [-0.2, 0) is 13.0 Å². The first kappa shape index (κ1) is 13.8. The van der Waals surface area contributed by atoms with Crippen LogP contribution in [-0.4, -0.2) is 10.5 Å². The summed E-state index contributed by atoms with van der Waals surface area (Å²) in [6, 6.07) is 3.89. The average molecular weight is 237 g/mol. The minimum absolute atomic E-state index is 0.214. The van der Waals surface area contributed by atoms with Crippen LogP contribution in [0.15, 0.2) is 12.1 Å². The van der Waals surface area contributed by atoms with Gasteiger partial charge in [-0.3, -0.25) is 10.2 Å². The van der Waals surface area contributed by atoms with Crippen molar-refractivity contribution in [2.24, 2.45) is 11.8 Å². The van der Waals surface area contributed by atoms with Gasteiger partial charge >= 0.3 is 0 Å². The molecule has 0 atom stereocenters. The van der Waals surface area contributed by atoms with Gasteiger partial charge in [-0.25, -0.2) is 5.84 Å². The molecule has 17 heavy (non-hydrogen) atoms. The van der Waals surface area contributed by atoms with E-state index < -0.39 is 0 Å². The van der Waals surface area contributed by atoms with Gasteiger partial charge < -0.3 is 4.57 Å². The molecule has 0 spiro atoms. The van der Waals surface area contributed by atoms with Gasteiger partial charge in [0.15, 0.2) is 0 Å². The second-order valence-corrected chi connectivity index (χ2v) is 4.79. The molecule has 0 aliphatic heterocycles. The van der Waals surface area contributed by atoms with Crippen molar-refractivity contribution in [2.75, 3.05) is 0 Å². The number of carbonyl (C=O) groups is 1. The van der Waals surface area contributed by atoms with Crippen LogP contribution in [0.2, 0.25) is 0 Å². The van der Waals surface area contributed by atoms with E-state index in [0.29, 0.717) is 11.6 Å². The van der Waals surface area contributed by atoms with Crippen LogP contribution < -0.4 is 11.3 Å². The number of hydrazine groups is 1. The molecule has 0 fully saturated rings. The molecule has 3 N–H and O–H groups in total. The smallest absolute Gasteiger partial charge is 0.281 e. The molecule has 4 heteroatoms. The number of nitrogens with one attached hydrogen (secondary N) is 1. The maximum Gasteiger partial charge on any atom is 0.281 e. The molecule has 0 aliphatic carbocycles. The molecule has 0 unspecified atom stereocenters. The van der Waals surface area contributed by atoms with Gasteiger partial charge in [-0.2, -0.15) is 0 Å². The third-order valence-electron chi connectivity index (χ3n) is 2.77. The Bertz CT molecular complexity index is 369. The van der Waals surface area contributed by atoms with E-state index in [1.54, 1.807) is 0 Å². The van der Waals surface area contributed by atoms with Gasteiger partial charge in [0.05, 0.1) is 0 Å². The number of carbonyl (C=O) groups excluding carboxylic acids is 1. The molecule has 0 saturated carbocycles. The Morgan fingerprint density at radius 2 is 2.18 bits per heavy atom. The summed E-state index contributed by atoms with van der Waals surface area (Å²) in [5.74, 6) is 5.49. The lowest BCUT2D eigenvalue weighted by atomic mass is 10.2. The van der Waals surface area contributed by atoms with E-state index in [-0.39, 0.29) is 5.91 Å². The van der Waals surface area contributed by atoms with E-state index in [1.807, 2.05) is 12.1 Å². The zero-order chi connectivity index (χ0) is 12.8. The number of nitrogens with zero attached hydrogens (tertiary/aromatic N) is 1. The molecule has 4 nitrogen and oxygen atoms in total. The molecular formula is C13H23N3O. The van der Waals surface area contributed by atoms with E-state index in [2.05, 4.69) is 30.8 Å². The predicted molar refractivity (Wildman–Crippen MR) is 69.5 cm³/mol. The van der Waals surface area contributed by atoms with Crippen molar-refractivity contribution in [1.82, 2.24) is 9.99 Å². The molecule has 1 amide bonds. The second kappa shape index (κ2) is 6.45. The molecule has 1 heterocycles. The highest BCUT2D eigenvalue weighted by Gasteiger charge is 2.14. The fourth-order valence-corrected chi connectivity index (χ4v) is 1.94. The van der Waals surface area contributed by atoms with E-state index in [9.17, 15) is 4.79 Å². The number of amides is 1. The Balaban J connectivity index is 2.97. The van der Waals surface area contributed by atoms with E-state index in [4.69, 9.17) is 5.84 Å². The van der Waals surface area contributed by atoms with Gasteiger partial charge in [-0.1, -0.05) is 27.2 Å². The van der Waals surface area contributed by atoms with Crippen molar-refractivity contribution in [3.8, 4) is 0 Å². The Morgan fingerprint density at radius 1 is 1.47 bits per heavy atom. The van der Waals surface area contributed by atoms with Crippen LogP contribution >= 0.6 is 0 Å². The van der Waals surface area contributed by atoms with Gasteiger partial charge in [0.2, 0.25) is 0 Å². The largest absolute Gasteiger partial charge is 0.340 e. The van der Waals surface area contributed by atoms with Crippen LogP contribution in [0.4, 0.5) is 0 Å². The molecule has 0 radical (unpaired) electrons. The lowest BCUT2D eigenvalue weighted by Gasteiger charge is -2.14. The van der Waals surface area contributed by atoms with Crippen LogP contribution in [0.5, 0.6) is 0 Å². The summed E-state index contributed by atoms with van der Waals surface area (Å²) in [5, 5.41) is 0. The first-order valence-electron chi connectivity index (χ1n) is 6.29. The summed E-state index contributed by atoms with van der Waals surface area (Å²) in [6.45, 7) is 7.32. The zero-order valence-corrected chi connectivity index (χ0v) is 11.0. The molecule has 96 valence electrons. The third-order valence-corrected chi connectivity index (χ3v) is 2.77. The summed E-state index contributed by atoms with van der Waals surface area (Å²) in [7, 11) is 0. The molecule has 0 aliphatic rings. The summed E-state index contributed by atoms with van der Waals surface area (Å²) in [6.07, 6.45) is 3.32. The minimum Gasteiger partial charge on any atom is -0.340 e. The highest BCUT2D eigenvalue weighted by atomic mass is 16.2. The maximum atomic E-state index is 11.6. The monoisotopic (exact) mass is 237 g/mol. The first-order valence-corrected chi connectivity index (χ1v) is 6.29. The van der Waals surface area contributed by atoms with Crippen molar-refractivity contribution < 1.29 is 4.79 Å². The van der Waals surface area contributed by atoms with Gasteiger partial charge in [0, 0.05) is 12.2 Å². The quantitative estimate of drug-likeness (QED) is 0.452. The number of rotatable bonds is 6. The average Bonchev–Trinajstić information content (AvgIpc) is 2.67. The Hall–Kier alpha value is -1.29. The molecule has 1 aromatic heterocycles. The summed E-state index contributed by atoms with van der Waals surface area (Å²) in [4.78, 5) is 11.6. The summed E-state index contributed by atoms with van der Waals surface area (Å²) >= 11 is 0. The van der Waals surface area contributed by atoms with E-state index in [1.165, 1.54) is 5.69 Å². The highest BCUT2D eigenvalue weighted by molar-refractivity contribution is 5.92. The van der Waals surface area contributed by atoms with Crippen molar-refractivity contribution in [1.29, 1.82) is 0 Å². The van der Waals surface area contributed by atoms with Crippen molar-refractivity contribution in [3.63, 3.8) is 0 Å². The minimum atomic E-state index is -0.214. The lowest BCUT2D eigenvalue weighted by molar-refractivity contribution is 0.0943. The van der Waals surface area contributed by atoms with Gasteiger partial charge in [0.25, 0.3) is 5.91 Å². The SMILES string of the molecule is CCCCc1ccc(C(=O)NN)n1CC(C)C. The number of hydrogen-bond donors (Lipinski definition) is 2. The Labute approximate surface area is 103 Å². The number of aryl methyl sites for hydroxylation is 1. The second-order valence-electron chi connectivity index (χ2n) is 4.79. The number of nitrogens with two attached hydrogens (primary N) is 1. The van der Waals surface area contributed by atoms with Gasteiger partial charge in [0.1, 0.15) is 5.69 Å². The zero-order valence-electron chi connectivity index (χ0n) is 11.0. The first-order chi connectivity index (χ1) is 8.10. The fourth-order valence-electron chi connectivity index (χ4n) is 1.94. The van der Waals surface area contributed by atoms with Gasteiger partial charge in [-0.15, -0.1) is 0 Å². The van der Waals surface area contributed by atoms with Crippen molar-refractivity contribution in [2.45, 2.75) is 46.6 Å². The van der Waals surface area contributed by atoms with Gasteiger partial charge in [-0.05, 0) is 30.9 Å². The van der Waals surface area contributed by atoms with E-state index >= 15 is 0 Å². The lowest BCUT2D eigenvalue weighted by Crippen LogP contribution is -2.32. The number of unbranched alkanes of at least 4 members (excludes halogenated alkanes) is 1. The number of hydrogen-bond acceptors (Lipinski definition) is 2. The normalized spacial score (nSPS) is 10.9. The summed E-state index contributed by atoms with van der Waals surface area (Å²) in [5.41, 5.74) is 4.09. The molecule has 0 aromatic carbocycles. The molecular weight excluding hydrogens is 214 g/mol. The van der Waals surface area contributed by atoms with Crippen LogP contribution in [0.25, 0.3) is 0 Å². The Morgan fingerprint density at radius 3 is 2.71 bits per heavy atom. The standard InChI is InChI=1S/C13H23N3O/c1-4-5-6-11-7-8-12(13(17)15-14)16(11)9-10(2)3/h7-8,10H,4-6,9,14H2,1-3H3,(H,15,17). The molecule has 1 aromatic rings. The molecule has 0 bridgehead atoms. The highest BCUT2D eigenvalue weighted by Crippen LogP contribution is 2.15. The van der Waals surface area contributed by atoms with Crippen molar-refractivity contribution >= 4 is 5.91 Å². The van der Waals surface area contributed by atoms with Crippen LogP contribution in [0, 0.1) is 5.92 Å². The Kier molecular flexibility index (Phi) is 5.22. The summed E-state index contributed by atoms with van der Waals surface area (Å²) < 4.78 is 2.09. The molecule has 1 rings (SSSR count). The maximum absolute atomic E-state index is 11.6. The third kappa shape index (κ3) is 3.60. The van der Waals surface area contributed by atoms with Crippen LogP contribution in [0.3, 0.4) is 0 Å². The fraction of sp³-hybridized carbons (Fsp3) is 0.615. The number of nitrogen functional groups attached to an aromatic ring is 1. The van der Waals surface area contributed by atoms with E-state index in [0.717, 1.165) is 25.8 Å². The topological polar surface area (TPSA) is 60.1 Å². The molecule has 0 saturated heterocycles. The predicted octanol–water partition coefficient (Wildman–Crippen LogP) is 2.09.